The van der Waals surface area contributed by atoms with Gasteiger partial charge in [-0.25, -0.2) is 9.97 Å². The van der Waals surface area contributed by atoms with Crippen molar-refractivity contribution in [1.82, 2.24) is 34.7 Å². The van der Waals surface area contributed by atoms with Crippen LogP contribution in [0.3, 0.4) is 0 Å². The van der Waals surface area contributed by atoms with Gasteiger partial charge in [-0.05, 0) is 43.3 Å². The highest BCUT2D eigenvalue weighted by atomic mass is 16.2. The van der Waals surface area contributed by atoms with Crippen molar-refractivity contribution in [1.29, 1.82) is 0 Å². The lowest BCUT2D eigenvalue weighted by atomic mass is 9.95. The van der Waals surface area contributed by atoms with Crippen molar-refractivity contribution < 1.29 is 4.79 Å². The lowest BCUT2D eigenvalue weighted by molar-refractivity contribution is -0.123. The fourth-order valence-corrected chi connectivity index (χ4v) is 4.26. The Labute approximate surface area is 213 Å². The Bertz CT molecular complexity index is 1780. The van der Waals surface area contributed by atoms with Crippen molar-refractivity contribution in [2.75, 3.05) is 5.32 Å². The Hall–Kier alpha value is -4.79. The van der Waals surface area contributed by atoms with Crippen LogP contribution in [0.4, 0.5) is 5.69 Å². The van der Waals surface area contributed by atoms with Gasteiger partial charge < -0.3 is 14.9 Å². The van der Waals surface area contributed by atoms with Crippen LogP contribution in [0.2, 0.25) is 0 Å². The second-order valence-corrected chi connectivity index (χ2v) is 10.2. The summed E-state index contributed by atoms with van der Waals surface area (Å²) in [5.41, 5.74) is 7.81. The Morgan fingerprint density at radius 2 is 1.92 bits per heavy atom. The average molecular weight is 491 g/mol. The van der Waals surface area contributed by atoms with Gasteiger partial charge in [0.05, 0.1) is 46.5 Å². The number of imidazole rings is 1. The second kappa shape index (κ2) is 8.41. The summed E-state index contributed by atoms with van der Waals surface area (Å²) in [6.07, 6.45) is 7.20. The molecule has 0 spiro atoms. The van der Waals surface area contributed by atoms with Crippen LogP contribution in [-0.2, 0) is 4.79 Å². The maximum Gasteiger partial charge on any atom is 0.229 e. The zero-order valence-corrected chi connectivity index (χ0v) is 21.0. The van der Waals surface area contributed by atoms with E-state index in [1.54, 1.807) is 12.4 Å². The molecule has 5 aromatic heterocycles. The molecule has 1 amide bonds. The minimum atomic E-state index is -0.505. The maximum absolute atomic E-state index is 12.4. The molecule has 0 saturated carbocycles. The number of hydrogen-bond donors (Lipinski definition) is 3. The number of rotatable bonds is 4. The highest BCUT2D eigenvalue weighted by Crippen LogP contribution is 2.32. The molecule has 37 heavy (non-hydrogen) atoms. The van der Waals surface area contributed by atoms with Crippen molar-refractivity contribution in [3.63, 3.8) is 0 Å². The van der Waals surface area contributed by atoms with Gasteiger partial charge in [0.25, 0.3) is 0 Å². The summed E-state index contributed by atoms with van der Waals surface area (Å²) in [6.45, 7) is 7.60. The molecule has 0 radical (unpaired) electrons. The van der Waals surface area contributed by atoms with Crippen molar-refractivity contribution in [3.05, 3.63) is 73.1 Å². The Balaban J connectivity index is 1.40. The van der Waals surface area contributed by atoms with Crippen molar-refractivity contribution in [2.24, 2.45) is 5.41 Å². The van der Waals surface area contributed by atoms with Crippen molar-refractivity contribution in [2.45, 2.75) is 27.7 Å². The molecule has 6 rings (SSSR count). The average Bonchev–Trinajstić information content (AvgIpc) is 3.60. The summed E-state index contributed by atoms with van der Waals surface area (Å²) in [5.74, 6) is -0.0731. The summed E-state index contributed by atoms with van der Waals surface area (Å²) >= 11 is 0. The van der Waals surface area contributed by atoms with Gasteiger partial charge in [-0.15, -0.1) is 0 Å². The molecule has 0 aliphatic heterocycles. The molecule has 0 bridgehead atoms. The van der Waals surface area contributed by atoms with E-state index in [-0.39, 0.29) is 5.91 Å². The van der Waals surface area contributed by atoms with E-state index < -0.39 is 5.41 Å². The van der Waals surface area contributed by atoms with E-state index in [0.29, 0.717) is 5.69 Å². The standard InChI is InChI=1S/C28H26N8O/c1-16-14-36(15-30-16)24-7-5-6-21-19(24)11-23(32-21)26-25-22(34-35-26)9-8-20(33-25)17-10-18(13-29-12-17)31-27(37)28(2,3)4/h5-15,32H,1-4H3,(H,31,37)(H,34,35). The van der Waals surface area contributed by atoms with Crippen LogP contribution >= 0.6 is 0 Å². The van der Waals surface area contributed by atoms with Gasteiger partial charge in [-0.1, -0.05) is 26.8 Å². The molecule has 9 heteroatoms. The minimum absolute atomic E-state index is 0.0731. The molecule has 184 valence electrons. The van der Waals surface area contributed by atoms with Gasteiger partial charge in [0, 0.05) is 34.3 Å². The van der Waals surface area contributed by atoms with E-state index in [0.717, 1.165) is 56.0 Å². The predicted octanol–water partition coefficient (Wildman–Crippen LogP) is 5.65. The fourth-order valence-electron chi connectivity index (χ4n) is 4.26. The first-order valence-corrected chi connectivity index (χ1v) is 12.0. The van der Waals surface area contributed by atoms with Crippen LogP contribution in [0.25, 0.3) is 50.3 Å². The quantitative estimate of drug-likeness (QED) is 0.295. The zero-order chi connectivity index (χ0) is 25.7. The Morgan fingerprint density at radius 1 is 1.05 bits per heavy atom. The van der Waals surface area contributed by atoms with E-state index >= 15 is 0 Å². The number of amides is 1. The van der Waals surface area contributed by atoms with Crippen LogP contribution in [0.5, 0.6) is 0 Å². The summed E-state index contributed by atoms with van der Waals surface area (Å²) in [5, 5.41) is 11.7. The molecular weight excluding hydrogens is 464 g/mol. The summed E-state index contributed by atoms with van der Waals surface area (Å²) in [4.78, 5) is 29.5. The lowest BCUT2D eigenvalue weighted by Crippen LogP contribution is -2.27. The molecule has 0 aliphatic carbocycles. The van der Waals surface area contributed by atoms with Gasteiger partial charge in [-0.2, -0.15) is 5.10 Å². The SMILES string of the molecule is Cc1cn(-c2cccc3[nH]c(-c4n[nH]c5ccc(-c6cncc(NC(=O)C(C)(C)C)c6)nc45)cc23)cn1. The predicted molar refractivity (Wildman–Crippen MR) is 144 cm³/mol. The number of H-pyrrole nitrogens is 2. The normalized spacial score (nSPS) is 11.9. The molecule has 0 atom stereocenters. The zero-order valence-electron chi connectivity index (χ0n) is 21.0. The van der Waals surface area contributed by atoms with E-state index in [1.807, 2.05) is 75.1 Å². The number of aryl methyl sites for hydroxylation is 1. The third-order valence-electron chi connectivity index (χ3n) is 6.27. The fraction of sp³-hybridized carbons (Fsp3) is 0.179. The van der Waals surface area contributed by atoms with Gasteiger partial charge in [0.1, 0.15) is 11.2 Å². The third kappa shape index (κ3) is 4.14. The number of hydrogen-bond acceptors (Lipinski definition) is 5. The topological polar surface area (TPSA) is 117 Å². The lowest BCUT2D eigenvalue weighted by Gasteiger charge is -2.17. The molecule has 0 fully saturated rings. The first-order valence-electron chi connectivity index (χ1n) is 12.0. The molecule has 6 aromatic rings. The molecule has 9 nitrogen and oxygen atoms in total. The number of benzene rings is 1. The number of pyridine rings is 2. The second-order valence-electron chi connectivity index (χ2n) is 10.2. The number of anilines is 1. The summed E-state index contributed by atoms with van der Waals surface area (Å²) in [7, 11) is 0. The molecule has 3 N–H and O–H groups in total. The van der Waals surface area contributed by atoms with Crippen molar-refractivity contribution >= 4 is 33.5 Å². The number of aromatic nitrogens is 7. The molecule has 0 aliphatic rings. The van der Waals surface area contributed by atoms with Crippen LogP contribution in [0.15, 0.2) is 67.4 Å². The van der Waals surface area contributed by atoms with Gasteiger partial charge in [-0.3, -0.25) is 14.9 Å². The van der Waals surface area contributed by atoms with Crippen LogP contribution in [0.1, 0.15) is 26.5 Å². The smallest absolute Gasteiger partial charge is 0.229 e. The Morgan fingerprint density at radius 3 is 2.70 bits per heavy atom. The largest absolute Gasteiger partial charge is 0.353 e. The maximum atomic E-state index is 12.4. The van der Waals surface area contributed by atoms with Gasteiger partial charge >= 0.3 is 0 Å². The Kier molecular flexibility index (Phi) is 5.15. The number of aromatic amines is 2. The highest BCUT2D eigenvalue weighted by molar-refractivity contribution is 5.97. The van der Waals surface area contributed by atoms with Crippen molar-refractivity contribution in [3.8, 4) is 28.3 Å². The van der Waals surface area contributed by atoms with Crippen LogP contribution in [0, 0.1) is 12.3 Å². The third-order valence-corrected chi connectivity index (χ3v) is 6.27. The van der Waals surface area contributed by atoms with Crippen LogP contribution in [-0.4, -0.2) is 40.6 Å². The number of carbonyl (C=O) groups is 1. The van der Waals surface area contributed by atoms with Gasteiger partial charge in [0.2, 0.25) is 5.91 Å². The van der Waals surface area contributed by atoms with E-state index in [9.17, 15) is 4.79 Å². The van der Waals surface area contributed by atoms with Crippen LogP contribution < -0.4 is 5.32 Å². The highest BCUT2D eigenvalue weighted by Gasteiger charge is 2.21. The molecule has 0 unspecified atom stereocenters. The molecule has 0 saturated heterocycles. The monoisotopic (exact) mass is 490 g/mol. The molecular formula is C28H26N8O. The molecule has 5 heterocycles. The number of nitrogens with zero attached hydrogens (tertiary/aromatic N) is 5. The minimum Gasteiger partial charge on any atom is -0.353 e. The van der Waals surface area contributed by atoms with E-state index in [4.69, 9.17) is 4.98 Å². The van der Waals surface area contributed by atoms with E-state index in [2.05, 4.69) is 42.6 Å². The molecule has 1 aromatic carbocycles. The summed E-state index contributed by atoms with van der Waals surface area (Å²) in [6, 6.07) is 14.0. The first kappa shape index (κ1) is 22.7. The first-order chi connectivity index (χ1) is 17.8. The number of carbonyl (C=O) groups excluding carboxylic acids is 1. The number of nitrogens with one attached hydrogen (secondary N) is 3. The van der Waals surface area contributed by atoms with E-state index in [1.165, 1.54) is 0 Å². The van der Waals surface area contributed by atoms with Gasteiger partial charge in [0.15, 0.2) is 0 Å². The summed E-state index contributed by atoms with van der Waals surface area (Å²) < 4.78 is 2.02. The number of fused-ring (bicyclic) bond motifs is 2.